The summed E-state index contributed by atoms with van der Waals surface area (Å²) in [5.74, 6) is 0.841. The van der Waals surface area contributed by atoms with E-state index in [0.29, 0.717) is 6.42 Å². The number of nitrogens with zero attached hydrogens (tertiary/aromatic N) is 2. The van der Waals surface area contributed by atoms with Gasteiger partial charge in [0.05, 0.1) is 4.92 Å². The minimum atomic E-state index is -3.75. The molecule has 1 atom stereocenters. The molecule has 10 heteroatoms. The summed E-state index contributed by atoms with van der Waals surface area (Å²) in [7, 11) is -2.27. The first-order valence-electron chi connectivity index (χ1n) is 5.72. The molecule has 1 rings (SSSR count). The number of rotatable bonds is 7. The molecule has 0 aliphatic rings. The second-order valence-electron chi connectivity index (χ2n) is 4.22. The Labute approximate surface area is 126 Å². The highest BCUT2D eigenvalue weighted by molar-refractivity contribution is 7.98. The van der Waals surface area contributed by atoms with E-state index < -0.39 is 14.9 Å². The summed E-state index contributed by atoms with van der Waals surface area (Å²) in [6, 6.07) is 0.836. The minimum Gasteiger partial charge on any atom is -0.385 e. The van der Waals surface area contributed by atoms with Crippen LogP contribution in [0.4, 0.5) is 10.7 Å². The molecule has 2 N–H and O–H groups in total. The second kappa shape index (κ2) is 6.74. The Bertz CT molecular complexity index is 585. The summed E-state index contributed by atoms with van der Waals surface area (Å²) in [5.41, 5.74) is 5.12. The van der Waals surface area contributed by atoms with Gasteiger partial charge in [-0.05, 0) is 25.4 Å². The normalized spacial score (nSPS) is 13.6. The van der Waals surface area contributed by atoms with Gasteiger partial charge < -0.3 is 5.73 Å². The van der Waals surface area contributed by atoms with E-state index in [1.807, 2.05) is 6.26 Å². The summed E-state index contributed by atoms with van der Waals surface area (Å²) in [6.07, 6.45) is 2.66. The van der Waals surface area contributed by atoms with Gasteiger partial charge in [-0.3, -0.25) is 10.1 Å². The van der Waals surface area contributed by atoms with Crippen molar-refractivity contribution < 1.29 is 13.3 Å². The molecule has 0 aliphatic carbocycles. The fraction of sp³-hybridized carbons (Fsp3) is 0.600. The third kappa shape index (κ3) is 3.62. The standard InChI is InChI=1S/C10H17N3O4S3/c1-7(4-5-18-3)12(2)20(16,17)9-6-8(13(14)15)10(11)19-9/h6-7H,4-5,11H2,1-3H3. The molecule has 20 heavy (non-hydrogen) atoms. The zero-order valence-electron chi connectivity index (χ0n) is 11.4. The van der Waals surface area contributed by atoms with Gasteiger partial charge in [-0.1, -0.05) is 11.3 Å². The molecule has 0 fully saturated rings. The van der Waals surface area contributed by atoms with E-state index in [4.69, 9.17) is 5.73 Å². The lowest BCUT2D eigenvalue weighted by molar-refractivity contribution is -0.383. The highest BCUT2D eigenvalue weighted by Crippen LogP contribution is 2.36. The van der Waals surface area contributed by atoms with Crippen LogP contribution < -0.4 is 5.73 Å². The molecule has 0 saturated carbocycles. The number of sulfonamides is 1. The van der Waals surface area contributed by atoms with E-state index in [0.717, 1.165) is 23.2 Å². The minimum absolute atomic E-state index is 0.0970. The summed E-state index contributed by atoms with van der Waals surface area (Å²) in [4.78, 5) is 10.0. The number of anilines is 1. The smallest absolute Gasteiger partial charge is 0.304 e. The zero-order chi connectivity index (χ0) is 15.5. The van der Waals surface area contributed by atoms with Gasteiger partial charge in [0.2, 0.25) is 0 Å². The van der Waals surface area contributed by atoms with Crippen molar-refractivity contribution in [2.45, 2.75) is 23.6 Å². The van der Waals surface area contributed by atoms with Crippen LogP contribution in [-0.2, 0) is 10.0 Å². The van der Waals surface area contributed by atoms with Gasteiger partial charge >= 0.3 is 5.69 Å². The Morgan fingerprint density at radius 2 is 2.20 bits per heavy atom. The molecule has 0 spiro atoms. The Balaban J connectivity index is 3.04. The van der Waals surface area contributed by atoms with Gasteiger partial charge in [0.1, 0.15) is 4.21 Å². The molecule has 0 radical (unpaired) electrons. The lowest BCUT2D eigenvalue weighted by atomic mass is 10.3. The van der Waals surface area contributed by atoms with Gasteiger partial charge in [-0.25, -0.2) is 8.42 Å². The first-order valence-corrected chi connectivity index (χ1v) is 9.37. The van der Waals surface area contributed by atoms with Crippen molar-refractivity contribution in [3.8, 4) is 0 Å². The van der Waals surface area contributed by atoms with Gasteiger partial charge in [-0.15, -0.1) is 0 Å². The molecule has 1 heterocycles. The molecule has 0 saturated heterocycles. The van der Waals surface area contributed by atoms with Crippen LogP contribution >= 0.6 is 23.1 Å². The van der Waals surface area contributed by atoms with E-state index in [1.54, 1.807) is 18.7 Å². The molecular formula is C10H17N3O4S3. The maximum Gasteiger partial charge on any atom is 0.304 e. The molecule has 0 bridgehead atoms. The highest BCUT2D eigenvalue weighted by atomic mass is 32.2. The topological polar surface area (TPSA) is 107 Å². The number of nitrogen functional groups attached to an aromatic ring is 1. The lowest BCUT2D eigenvalue weighted by Gasteiger charge is -2.23. The molecule has 1 aromatic heterocycles. The lowest BCUT2D eigenvalue weighted by Crippen LogP contribution is -2.35. The fourth-order valence-electron chi connectivity index (χ4n) is 1.49. The maximum absolute atomic E-state index is 12.4. The predicted octanol–water partition coefficient (Wildman–Crippen LogP) is 2.00. The number of nitrogens with two attached hydrogens (primary N) is 1. The fourth-order valence-corrected chi connectivity index (χ4v) is 4.86. The van der Waals surface area contributed by atoms with Crippen molar-refractivity contribution in [1.29, 1.82) is 0 Å². The third-order valence-corrected chi connectivity index (χ3v) is 6.93. The average Bonchev–Trinajstić information content (AvgIpc) is 2.77. The molecule has 0 amide bonds. The van der Waals surface area contributed by atoms with Crippen molar-refractivity contribution in [3.05, 3.63) is 16.2 Å². The number of thioether (sulfide) groups is 1. The van der Waals surface area contributed by atoms with Gasteiger partial charge in [0, 0.05) is 19.2 Å². The second-order valence-corrected chi connectivity index (χ2v) is 8.52. The van der Waals surface area contributed by atoms with Crippen LogP contribution in [0.25, 0.3) is 0 Å². The van der Waals surface area contributed by atoms with E-state index >= 15 is 0 Å². The zero-order valence-corrected chi connectivity index (χ0v) is 13.8. The van der Waals surface area contributed by atoms with Crippen LogP contribution in [0.5, 0.6) is 0 Å². The van der Waals surface area contributed by atoms with Crippen molar-refractivity contribution >= 4 is 43.8 Å². The number of nitro groups is 1. The van der Waals surface area contributed by atoms with Crippen LogP contribution in [-0.4, -0.2) is 42.7 Å². The summed E-state index contributed by atoms with van der Waals surface area (Å²) >= 11 is 2.36. The molecule has 1 unspecified atom stereocenters. The van der Waals surface area contributed by atoms with Crippen LogP contribution in [0.3, 0.4) is 0 Å². The van der Waals surface area contributed by atoms with Crippen molar-refractivity contribution in [2.24, 2.45) is 0 Å². The SMILES string of the molecule is CSCCC(C)N(C)S(=O)(=O)c1cc([N+](=O)[O-])c(N)s1. The van der Waals surface area contributed by atoms with Crippen LogP contribution in [0.1, 0.15) is 13.3 Å². The molecular weight excluding hydrogens is 322 g/mol. The summed E-state index contributed by atoms with van der Waals surface area (Å²) in [6.45, 7) is 1.80. The maximum atomic E-state index is 12.4. The molecule has 114 valence electrons. The predicted molar refractivity (Wildman–Crippen MR) is 82.8 cm³/mol. The van der Waals surface area contributed by atoms with Gasteiger partial charge in [0.25, 0.3) is 10.0 Å². The Morgan fingerprint density at radius 1 is 1.60 bits per heavy atom. The number of hydrogen-bond donors (Lipinski definition) is 1. The molecule has 0 aromatic carbocycles. The van der Waals surface area contributed by atoms with Crippen molar-refractivity contribution in [2.75, 3.05) is 24.8 Å². The van der Waals surface area contributed by atoms with Crippen molar-refractivity contribution in [3.63, 3.8) is 0 Å². The largest absolute Gasteiger partial charge is 0.385 e. The van der Waals surface area contributed by atoms with Crippen LogP contribution in [0.15, 0.2) is 10.3 Å². The first-order chi connectivity index (χ1) is 9.21. The monoisotopic (exact) mass is 339 g/mol. The van der Waals surface area contributed by atoms with E-state index in [2.05, 4.69) is 0 Å². The first kappa shape index (κ1) is 17.2. The summed E-state index contributed by atoms with van der Waals surface area (Å²) < 4.78 is 25.9. The van der Waals surface area contributed by atoms with Crippen molar-refractivity contribution in [1.82, 2.24) is 4.31 Å². The number of hydrogen-bond acceptors (Lipinski definition) is 7. The highest BCUT2D eigenvalue weighted by Gasteiger charge is 2.30. The molecule has 7 nitrogen and oxygen atoms in total. The Morgan fingerprint density at radius 3 is 2.65 bits per heavy atom. The van der Waals surface area contributed by atoms with Crippen LogP contribution in [0, 0.1) is 10.1 Å². The van der Waals surface area contributed by atoms with Gasteiger partial charge in [0.15, 0.2) is 5.00 Å². The summed E-state index contributed by atoms with van der Waals surface area (Å²) in [5, 5.41) is 10.6. The Kier molecular flexibility index (Phi) is 5.80. The van der Waals surface area contributed by atoms with E-state index in [-0.39, 0.29) is 20.9 Å². The quantitative estimate of drug-likeness (QED) is 0.601. The third-order valence-electron chi connectivity index (χ3n) is 2.91. The van der Waals surface area contributed by atoms with Crippen LogP contribution in [0.2, 0.25) is 0 Å². The van der Waals surface area contributed by atoms with Gasteiger partial charge in [-0.2, -0.15) is 16.1 Å². The number of thiophene rings is 1. The molecule has 0 aliphatic heterocycles. The molecule has 1 aromatic rings. The average molecular weight is 339 g/mol. The Hall–Kier alpha value is -0.840. The van der Waals surface area contributed by atoms with E-state index in [9.17, 15) is 18.5 Å². The van der Waals surface area contributed by atoms with E-state index in [1.165, 1.54) is 11.4 Å².